The van der Waals surface area contributed by atoms with Crippen molar-refractivity contribution in [2.45, 2.75) is 96.7 Å². The zero-order valence-corrected chi connectivity index (χ0v) is 13.8. The van der Waals surface area contributed by atoms with Crippen LogP contribution in [-0.4, -0.2) is 33.3 Å². The molecule has 1 aliphatic heterocycles. The smallest absolute Gasteiger partial charge is 0.220 e. The molecule has 1 amide bonds. The van der Waals surface area contributed by atoms with Gasteiger partial charge in [-0.2, -0.15) is 5.06 Å². The number of hydrogen-bond donors (Lipinski definition) is 2. The summed E-state index contributed by atoms with van der Waals surface area (Å²) in [5.41, 5.74) is -0.607. The number of hydroxylamine groups is 2. The zero-order chi connectivity index (χ0) is 15.4. The van der Waals surface area contributed by atoms with Gasteiger partial charge in [-0.25, -0.2) is 0 Å². The van der Waals surface area contributed by atoms with Crippen LogP contribution in [0, 0.1) is 0 Å². The minimum Gasteiger partial charge on any atom is -0.353 e. The van der Waals surface area contributed by atoms with E-state index in [9.17, 15) is 10.0 Å². The molecule has 0 atom stereocenters. The monoisotopic (exact) mass is 284 g/mol. The quantitative estimate of drug-likeness (QED) is 0.734. The molecule has 0 spiro atoms. The molecule has 0 aliphatic carbocycles. The molecule has 0 saturated carbocycles. The Morgan fingerprint density at radius 3 is 2.20 bits per heavy atom. The van der Waals surface area contributed by atoms with E-state index < -0.39 is 0 Å². The predicted molar refractivity (Wildman–Crippen MR) is 81.7 cm³/mol. The molecule has 0 radical (unpaired) electrons. The number of nitrogens with one attached hydrogen (secondary N) is 1. The Labute approximate surface area is 123 Å². The molecular formula is C16H32N2O2. The molecule has 2 N–H and O–H groups in total. The Hall–Kier alpha value is -0.610. The summed E-state index contributed by atoms with van der Waals surface area (Å²) in [6, 6.07) is 0.155. The first-order valence-corrected chi connectivity index (χ1v) is 7.97. The lowest BCUT2D eigenvalue weighted by Gasteiger charge is -2.51. The first-order chi connectivity index (χ1) is 9.19. The molecule has 0 aromatic carbocycles. The summed E-state index contributed by atoms with van der Waals surface area (Å²) in [7, 11) is 0. The van der Waals surface area contributed by atoms with Crippen molar-refractivity contribution >= 4 is 5.91 Å². The van der Waals surface area contributed by atoms with Crippen LogP contribution >= 0.6 is 0 Å². The Morgan fingerprint density at radius 1 is 1.15 bits per heavy atom. The molecule has 0 aromatic heterocycles. The first kappa shape index (κ1) is 17.4. The second kappa shape index (κ2) is 6.90. The van der Waals surface area contributed by atoms with Gasteiger partial charge >= 0.3 is 0 Å². The summed E-state index contributed by atoms with van der Waals surface area (Å²) in [4.78, 5) is 12.0. The second-order valence-corrected chi connectivity index (χ2v) is 7.42. The van der Waals surface area contributed by atoms with E-state index in [1.807, 2.05) is 27.7 Å². The fourth-order valence-corrected chi connectivity index (χ4v) is 3.38. The summed E-state index contributed by atoms with van der Waals surface area (Å²) in [5, 5.41) is 14.8. The maximum atomic E-state index is 12.0. The highest BCUT2D eigenvalue weighted by atomic mass is 16.5. The second-order valence-electron chi connectivity index (χ2n) is 7.42. The number of piperidine rings is 1. The van der Waals surface area contributed by atoms with E-state index in [0.29, 0.717) is 6.42 Å². The number of carbonyl (C=O) groups excluding carboxylic acids is 1. The molecule has 0 bridgehead atoms. The highest BCUT2D eigenvalue weighted by Gasteiger charge is 2.45. The third-order valence-corrected chi connectivity index (χ3v) is 4.26. The minimum absolute atomic E-state index is 0.155. The highest BCUT2D eigenvalue weighted by Crippen LogP contribution is 2.36. The van der Waals surface area contributed by atoms with Gasteiger partial charge in [0.1, 0.15) is 0 Å². The molecule has 4 heteroatoms. The van der Waals surface area contributed by atoms with Gasteiger partial charge in [-0.3, -0.25) is 4.79 Å². The van der Waals surface area contributed by atoms with Crippen LogP contribution in [0.4, 0.5) is 0 Å². The lowest BCUT2D eigenvalue weighted by molar-refractivity contribution is -0.246. The Bertz CT molecular complexity index is 308. The van der Waals surface area contributed by atoms with E-state index >= 15 is 0 Å². The topological polar surface area (TPSA) is 52.6 Å². The summed E-state index contributed by atoms with van der Waals surface area (Å²) < 4.78 is 0. The van der Waals surface area contributed by atoms with Gasteiger partial charge in [0.15, 0.2) is 0 Å². The number of nitrogens with zero attached hydrogens (tertiary/aromatic N) is 1. The molecule has 1 aliphatic rings. The fourth-order valence-electron chi connectivity index (χ4n) is 3.38. The van der Waals surface area contributed by atoms with Crippen molar-refractivity contribution in [3.63, 3.8) is 0 Å². The van der Waals surface area contributed by atoms with Crippen LogP contribution in [0.3, 0.4) is 0 Å². The van der Waals surface area contributed by atoms with Gasteiger partial charge in [0, 0.05) is 23.5 Å². The number of amides is 1. The molecule has 4 nitrogen and oxygen atoms in total. The molecule has 118 valence electrons. The lowest BCUT2D eigenvalue weighted by atomic mass is 9.79. The van der Waals surface area contributed by atoms with E-state index in [2.05, 4.69) is 12.2 Å². The molecule has 1 fully saturated rings. The SMILES string of the molecule is CCCCCCC(=O)NC1CC(C)(C)N(O)C(C)(C)C1. The van der Waals surface area contributed by atoms with Gasteiger partial charge in [0.25, 0.3) is 0 Å². The molecular weight excluding hydrogens is 252 g/mol. The maximum Gasteiger partial charge on any atom is 0.220 e. The lowest BCUT2D eigenvalue weighted by Crippen LogP contribution is -2.62. The van der Waals surface area contributed by atoms with Crippen LogP contribution in [0.5, 0.6) is 0 Å². The Balaban J connectivity index is 2.46. The average Bonchev–Trinajstić information content (AvgIpc) is 2.31. The van der Waals surface area contributed by atoms with Crippen molar-refractivity contribution in [2.75, 3.05) is 0 Å². The minimum atomic E-state index is -0.304. The average molecular weight is 284 g/mol. The zero-order valence-electron chi connectivity index (χ0n) is 13.8. The third-order valence-electron chi connectivity index (χ3n) is 4.26. The van der Waals surface area contributed by atoms with Crippen molar-refractivity contribution in [3.8, 4) is 0 Å². The molecule has 20 heavy (non-hydrogen) atoms. The van der Waals surface area contributed by atoms with Crippen LogP contribution in [0.2, 0.25) is 0 Å². The Morgan fingerprint density at radius 2 is 1.70 bits per heavy atom. The van der Waals surface area contributed by atoms with E-state index in [0.717, 1.165) is 25.7 Å². The van der Waals surface area contributed by atoms with Crippen molar-refractivity contribution in [3.05, 3.63) is 0 Å². The summed E-state index contributed by atoms with van der Waals surface area (Å²) >= 11 is 0. The van der Waals surface area contributed by atoms with Crippen LogP contribution in [-0.2, 0) is 4.79 Å². The predicted octanol–water partition coefficient (Wildman–Crippen LogP) is 3.48. The van der Waals surface area contributed by atoms with E-state index in [1.165, 1.54) is 17.9 Å². The van der Waals surface area contributed by atoms with Crippen molar-refractivity contribution < 1.29 is 10.0 Å². The standard InChI is InChI=1S/C16H32N2O2/c1-6-7-8-9-10-14(19)17-13-11-15(2,3)18(20)16(4,5)12-13/h13,20H,6-12H2,1-5H3,(H,17,19). The molecule has 1 rings (SSSR count). The number of carbonyl (C=O) groups is 1. The van der Waals surface area contributed by atoms with Crippen LogP contribution in [0.15, 0.2) is 0 Å². The molecule has 1 heterocycles. The normalized spacial score (nSPS) is 22.7. The molecule has 0 aromatic rings. The van der Waals surface area contributed by atoms with Gasteiger partial charge < -0.3 is 10.5 Å². The molecule has 1 saturated heterocycles. The number of unbranched alkanes of at least 4 members (excludes halogenated alkanes) is 3. The number of rotatable bonds is 6. The van der Waals surface area contributed by atoms with E-state index in [-0.39, 0.29) is 23.0 Å². The summed E-state index contributed by atoms with van der Waals surface area (Å²) in [5.74, 6) is 0.157. The largest absolute Gasteiger partial charge is 0.353 e. The van der Waals surface area contributed by atoms with E-state index in [4.69, 9.17) is 0 Å². The fraction of sp³-hybridized carbons (Fsp3) is 0.938. The van der Waals surface area contributed by atoms with Crippen molar-refractivity contribution in [2.24, 2.45) is 0 Å². The van der Waals surface area contributed by atoms with Gasteiger partial charge in [0.05, 0.1) is 0 Å². The summed E-state index contributed by atoms with van der Waals surface area (Å²) in [6.45, 7) is 10.3. The summed E-state index contributed by atoms with van der Waals surface area (Å²) in [6.07, 6.45) is 6.71. The molecule has 0 unspecified atom stereocenters. The van der Waals surface area contributed by atoms with Crippen molar-refractivity contribution in [1.29, 1.82) is 0 Å². The van der Waals surface area contributed by atoms with Crippen LogP contribution in [0.1, 0.15) is 79.6 Å². The van der Waals surface area contributed by atoms with Crippen LogP contribution < -0.4 is 5.32 Å². The van der Waals surface area contributed by atoms with Gasteiger partial charge in [-0.05, 0) is 47.0 Å². The third kappa shape index (κ3) is 4.74. The highest BCUT2D eigenvalue weighted by molar-refractivity contribution is 5.76. The Kier molecular flexibility index (Phi) is 6.02. The van der Waals surface area contributed by atoms with Gasteiger partial charge in [-0.1, -0.05) is 26.2 Å². The van der Waals surface area contributed by atoms with Crippen molar-refractivity contribution in [1.82, 2.24) is 10.4 Å². The maximum absolute atomic E-state index is 12.0. The number of hydrogen-bond acceptors (Lipinski definition) is 3. The van der Waals surface area contributed by atoms with Gasteiger partial charge in [-0.15, -0.1) is 0 Å². The van der Waals surface area contributed by atoms with Gasteiger partial charge in [0.2, 0.25) is 5.91 Å². The van der Waals surface area contributed by atoms with Crippen LogP contribution in [0.25, 0.3) is 0 Å². The van der Waals surface area contributed by atoms with E-state index in [1.54, 1.807) is 0 Å². The first-order valence-electron chi connectivity index (χ1n) is 7.97.